The van der Waals surface area contributed by atoms with E-state index in [0.717, 1.165) is 25.7 Å². The summed E-state index contributed by atoms with van der Waals surface area (Å²) in [5.74, 6) is 1.11. The first-order chi connectivity index (χ1) is 25.1. The van der Waals surface area contributed by atoms with Gasteiger partial charge in [0.15, 0.2) is 0 Å². The maximum atomic E-state index is 2.54. The summed E-state index contributed by atoms with van der Waals surface area (Å²) in [6.07, 6.45) is 9.02. The van der Waals surface area contributed by atoms with Crippen LogP contribution < -0.4 is 0 Å². The van der Waals surface area contributed by atoms with Crippen LogP contribution in [0, 0.1) is 0 Å². The van der Waals surface area contributed by atoms with Crippen LogP contribution >= 0.6 is 0 Å². The largest absolute Gasteiger partial charge is 0.0655 e. The van der Waals surface area contributed by atoms with Gasteiger partial charge in [0.2, 0.25) is 0 Å². The first-order valence-corrected chi connectivity index (χ1v) is 20.9. The molecule has 0 fully saturated rings. The zero-order valence-corrected chi connectivity index (χ0v) is 31.5. The van der Waals surface area contributed by atoms with Crippen molar-refractivity contribution in [2.75, 3.05) is 0 Å². The Hall–Kier alpha value is -4.98. The van der Waals surface area contributed by atoms with E-state index in [1.165, 1.54) is 67.7 Å². The molecule has 51 heavy (non-hydrogen) atoms. The Balaban J connectivity index is 1.04. The standard InChI is InChI=1S/C50H48Si/c1-35-27-47-43(25-23-41(29-37-15-7-3-8-16-37)45(47)31-39-19-11-5-12-20-39)49(35)33-51-34-50-36(2)28-48-44(50)26-24-42(30-38-17-9-4-10-18-38)46(48)32-40-21-13-6-14-22-40/h3-28,49-50H,29-34,51H2,1-2H3. The second-order valence-electron chi connectivity index (χ2n) is 14.9. The van der Waals surface area contributed by atoms with E-state index < -0.39 is 0 Å². The topological polar surface area (TPSA) is 0 Å². The van der Waals surface area contributed by atoms with Gasteiger partial charge in [0, 0.05) is 21.4 Å². The Morgan fingerprint density at radius 3 is 1.08 bits per heavy atom. The van der Waals surface area contributed by atoms with Crippen molar-refractivity contribution >= 4 is 21.7 Å². The molecule has 1 heteroatoms. The summed E-state index contributed by atoms with van der Waals surface area (Å²) in [4.78, 5) is 0. The molecule has 2 aliphatic carbocycles. The third-order valence-electron chi connectivity index (χ3n) is 11.5. The van der Waals surface area contributed by atoms with Crippen LogP contribution in [0.1, 0.15) is 92.4 Å². The minimum atomic E-state index is -0.324. The second kappa shape index (κ2) is 15.1. The average molecular weight is 677 g/mol. The van der Waals surface area contributed by atoms with Gasteiger partial charge in [0.05, 0.1) is 0 Å². The molecule has 0 saturated carbocycles. The Bertz CT molecular complexity index is 2020. The molecule has 2 atom stereocenters. The smallest absolute Gasteiger partial charge is 0.0218 e. The van der Waals surface area contributed by atoms with Crippen molar-refractivity contribution in [1.82, 2.24) is 0 Å². The summed E-state index contributed by atoms with van der Waals surface area (Å²) in [7, 11) is -0.324. The molecule has 0 aliphatic heterocycles. The van der Waals surface area contributed by atoms with E-state index in [4.69, 9.17) is 0 Å². The first kappa shape index (κ1) is 33.2. The van der Waals surface area contributed by atoms with E-state index in [-0.39, 0.29) is 9.52 Å². The summed E-state index contributed by atoms with van der Waals surface area (Å²) >= 11 is 0. The third-order valence-corrected chi connectivity index (χ3v) is 13.4. The summed E-state index contributed by atoms with van der Waals surface area (Å²) in [5.41, 5.74) is 20.8. The summed E-state index contributed by atoms with van der Waals surface area (Å²) in [5, 5.41) is 0. The Labute approximate surface area is 307 Å². The van der Waals surface area contributed by atoms with Gasteiger partial charge in [-0.2, -0.15) is 0 Å². The molecule has 0 amide bonds. The van der Waals surface area contributed by atoms with E-state index in [1.807, 2.05) is 0 Å². The number of hydrogen-bond donors (Lipinski definition) is 0. The lowest BCUT2D eigenvalue weighted by Crippen LogP contribution is -2.08. The molecule has 0 radical (unpaired) electrons. The van der Waals surface area contributed by atoms with Gasteiger partial charge in [-0.3, -0.25) is 0 Å². The van der Waals surface area contributed by atoms with Crippen LogP contribution in [0.25, 0.3) is 12.2 Å². The predicted molar refractivity (Wildman–Crippen MR) is 221 cm³/mol. The fourth-order valence-electron chi connectivity index (χ4n) is 8.82. The molecule has 0 nitrogen and oxygen atoms in total. The fourth-order valence-corrected chi connectivity index (χ4v) is 11.4. The molecule has 0 aromatic heterocycles. The van der Waals surface area contributed by atoms with E-state index >= 15 is 0 Å². The SMILES string of the molecule is CC1=Cc2c(ccc(Cc3ccccc3)c2Cc2ccccc2)C1C[SiH2]CC1C(C)=Cc2c1ccc(Cc1ccccc1)c2Cc1ccccc1. The van der Waals surface area contributed by atoms with Crippen molar-refractivity contribution in [2.45, 2.75) is 63.5 Å². The van der Waals surface area contributed by atoms with E-state index in [0.29, 0.717) is 11.8 Å². The van der Waals surface area contributed by atoms with Crippen LogP contribution in [0.5, 0.6) is 0 Å². The number of rotatable bonds is 12. The van der Waals surface area contributed by atoms with Gasteiger partial charge in [-0.1, -0.05) is 181 Å². The molecule has 0 heterocycles. The Morgan fingerprint density at radius 2 is 0.725 bits per heavy atom. The van der Waals surface area contributed by atoms with Crippen LogP contribution in [-0.4, -0.2) is 9.52 Å². The highest BCUT2D eigenvalue weighted by Crippen LogP contribution is 2.45. The molecule has 8 rings (SSSR count). The lowest BCUT2D eigenvalue weighted by Gasteiger charge is -2.21. The summed E-state index contributed by atoms with van der Waals surface area (Å²) in [6, 6.07) is 56.6. The van der Waals surface area contributed by atoms with Crippen LogP contribution in [0.4, 0.5) is 0 Å². The van der Waals surface area contributed by atoms with E-state index in [1.54, 1.807) is 22.3 Å². The highest BCUT2D eigenvalue weighted by atomic mass is 28.2. The van der Waals surface area contributed by atoms with Crippen LogP contribution in [-0.2, 0) is 25.7 Å². The molecule has 252 valence electrons. The lowest BCUT2D eigenvalue weighted by molar-refractivity contribution is 0.871. The molecule has 6 aromatic rings. The molecule has 2 unspecified atom stereocenters. The number of allylic oxidation sites excluding steroid dienone is 2. The summed E-state index contributed by atoms with van der Waals surface area (Å²) in [6.45, 7) is 4.78. The maximum Gasteiger partial charge on any atom is 0.0218 e. The highest BCUT2D eigenvalue weighted by molar-refractivity contribution is 6.36. The first-order valence-electron chi connectivity index (χ1n) is 18.9. The van der Waals surface area contributed by atoms with Gasteiger partial charge in [-0.25, -0.2) is 0 Å². The quantitative estimate of drug-likeness (QED) is 0.113. The molecular weight excluding hydrogens is 629 g/mol. The van der Waals surface area contributed by atoms with E-state index in [9.17, 15) is 0 Å². The second-order valence-corrected chi connectivity index (χ2v) is 16.7. The minimum absolute atomic E-state index is 0.324. The zero-order chi connectivity index (χ0) is 34.6. The van der Waals surface area contributed by atoms with Crippen molar-refractivity contribution in [1.29, 1.82) is 0 Å². The molecule has 2 aliphatic rings. The zero-order valence-electron chi connectivity index (χ0n) is 30.1. The van der Waals surface area contributed by atoms with Gasteiger partial charge in [-0.15, -0.1) is 0 Å². The third kappa shape index (κ3) is 7.27. The molecule has 0 spiro atoms. The molecule has 0 saturated heterocycles. The van der Waals surface area contributed by atoms with Crippen molar-refractivity contribution in [3.8, 4) is 0 Å². The Morgan fingerprint density at radius 1 is 0.392 bits per heavy atom. The van der Waals surface area contributed by atoms with Crippen LogP contribution in [0.2, 0.25) is 12.1 Å². The van der Waals surface area contributed by atoms with Crippen molar-refractivity contribution in [3.63, 3.8) is 0 Å². The predicted octanol–water partition coefficient (Wildman–Crippen LogP) is 11.8. The van der Waals surface area contributed by atoms with Gasteiger partial charge < -0.3 is 0 Å². The number of hydrogen-bond acceptors (Lipinski definition) is 0. The van der Waals surface area contributed by atoms with Gasteiger partial charge in [0.1, 0.15) is 0 Å². The van der Waals surface area contributed by atoms with Crippen molar-refractivity contribution in [3.05, 3.63) is 224 Å². The van der Waals surface area contributed by atoms with E-state index in [2.05, 4.69) is 172 Å². The average Bonchev–Trinajstić information content (AvgIpc) is 3.66. The highest BCUT2D eigenvalue weighted by Gasteiger charge is 2.29. The minimum Gasteiger partial charge on any atom is -0.0655 e. The number of benzene rings is 6. The van der Waals surface area contributed by atoms with Crippen LogP contribution in [0.3, 0.4) is 0 Å². The molecule has 0 N–H and O–H groups in total. The van der Waals surface area contributed by atoms with Gasteiger partial charge >= 0.3 is 0 Å². The fraction of sp³-hybridized carbons (Fsp3) is 0.200. The molecule has 0 bridgehead atoms. The van der Waals surface area contributed by atoms with Crippen molar-refractivity contribution < 1.29 is 0 Å². The van der Waals surface area contributed by atoms with Gasteiger partial charge in [0.25, 0.3) is 0 Å². The molecule has 6 aromatic carbocycles. The van der Waals surface area contributed by atoms with Crippen LogP contribution in [0.15, 0.2) is 157 Å². The maximum absolute atomic E-state index is 2.54. The normalized spacial score (nSPS) is 16.3. The Kier molecular flexibility index (Phi) is 9.82. The monoisotopic (exact) mass is 676 g/mol. The summed E-state index contributed by atoms with van der Waals surface area (Å²) < 4.78 is 0. The lowest BCUT2D eigenvalue weighted by atomic mass is 9.88. The molecular formula is C50H48Si. The number of fused-ring (bicyclic) bond motifs is 2. The van der Waals surface area contributed by atoms with Crippen molar-refractivity contribution in [2.24, 2.45) is 0 Å². The van der Waals surface area contributed by atoms with Gasteiger partial charge in [-0.05, 0) is 106 Å².